The molecule has 1 saturated carbocycles. The molecule has 2 nitrogen and oxygen atoms in total. The number of benzene rings is 1. The summed E-state index contributed by atoms with van der Waals surface area (Å²) in [6.45, 7) is 6.54. The Kier molecular flexibility index (Phi) is 2.73. The van der Waals surface area contributed by atoms with E-state index >= 15 is 0 Å². The molecule has 1 aliphatic rings. The van der Waals surface area contributed by atoms with E-state index in [9.17, 15) is 0 Å². The van der Waals surface area contributed by atoms with E-state index < -0.39 is 0 Å². The lowest BCUT2D eigenvalue weighted by molar-refractivity contribution is 0.863. The minimum absolute atomic E-state index is 0.544. The van der Waals surface area contributed by atoms with Crippen molar-refractivity contribution in [2.24, 2.45) is 0 Å². The van der Waals surface area contributed by atoms with Gasteiger partial charge in [-0.15, -0.1) is 0 Å². The molecule has 1 N–H and O–H groups in total. The molecule has 0 aliphatic heterocycles. The van der Waals surface area contributed by atoms with Gasteiger partial charge in [-0.3, -0.25) is 0 Å². The van der Waals surface area contributed by atoms with Crippen LogP contribution < -0.4 is 0 Å². The monoisotopic (exact) mass is 240 g/mol. The summed E-state index contributed by atoms with van der Waals surface area (Å²) in [6, 6.07) is 6.74. The number of nitrogens with zero attached hydrogens (tertiary/aromatic N) is 1. The normalized spacial score (nSPS) is 15.3. The van der Waals surface area contributed by atoms with Crippen molar-refractivity contribution in [3.8, 4) is 11.3 Å². The summed E-state index contributed by atoms with van der Waals surface area (Å²) in [7, 11) is 0. The van der Waals surface area contributed by atoms with E-state index in [1.807, 2.05) is 13.1 Å². The Morgan fingerprint density at radius 3 is 2.61 bits per heavy atom. The number of nitrogens with one attached hydrogen (secondary N) is 1. The lowest BCUT2D eigenvalue weighted by Crippen LogP contribution is -1.97. The number of hydrogen-bond acceptors (Lipinski definition) is 1. The van der Waals surface area contributed by atoms with Crippen LogP contribution in [0.25, 0.3) is 11.3 Å². The molecule has 1 heterocycles. The summed E-state index contributed by atoms with van der Waals surface area (Å²) < 4.78 is 0. The fourth-order valence-electron chi connectivity index (χ4n) is 2.66. The molecular formula is C16H20N2. The van der Waals surface area contributed by atoms with Crippen molar-refractivity contribution >= 4 is 0 Å². The van der Waals surface area contributed by atoms with Gasteiger partial charge in [-0.05, 0) is 42.7 Å². The zero-order valence-corrected chi connectivity index (χ0v) is 11.3. The Hall–Kier alpha value is -1.57. The van der Waals surface area contributed by atoms with Crippen LogP contribution in [0, 0.1) is 6.92 Å². The number of hydrogen-bond donors (Lipinski definition) is 1. The largest absolute Gasteiger partial charge is 0.342 e. The maximum Gasteiger partial charge on any atom is 0.103 e. The number of imidazole rings is 1. The molecule has 3 rings (SSSR count). The maximum absolute atomic E-state index is 4.36. The molecule has 2 heteroatoms. The summed E-state index contributed by atoms with van der Waals surface area (Å²) in [6.07, 6.45) is 4.64. The van der Waals surface area contributed by atoms with Gasteiger partial charge in [0.05, 0.1) is 11.9 Å². The molecule has 0 bridgehead atoms. The number of H-pyrrole nitrogens is 1. The number of rotatable bonds is 3. The number of aromatic amines is 1. The first kappa shape index (κ1) is 11.5. The van der Waals surface area contributed by atoms with Crippen molar-refractivity contribution in [1.29, 1.82) is 0 Å². The predicted molar refractivity (Wildman–Crippen MR) is 74.8 cm³/mol. The summed E-state index contributed by atoms with van der Waals surface area (Å²) in [5.41, 5.74) is 5.52. The van der Waals surface area contributed by atoms with Gasteiger partial charge in [0, 0.05) is 5.56 Å². The van der Waals surface area contributed by atoms with E-state index in [0.29, 0.717) is 5.92 Å². The van der Waals surface area contributed by atoms with Gasteiger partial charge in [-0.1, -0.05) is 32.0 Å². The average Bonchev–Trinajstić information content (AvgIpc) is 3.11. The molecule has 2 aromatic rings. The molecule has 94 valence electrons. The Labute approximate surface area is 108 Å². The van der Waals surface area contributed by atoms with Crippen LogP contribution in [-0.4, -0.2) is 9.97 Å². The molecule has 1 aromatic heterocycles. The summed E-state index contributed by atoms with van der Waals surface area (Å²) in [5, 5.41) is 0. The maximum atomic E-state index is 4.36. The predicted octanol–water partition coefficient (Wildman–Crippen LogP) is 4.39. The van der Waals surface area contributed by atoms with Crippen molar-refractivity contribution in [3.05, 3.63) is 41.3 Å². The van der Waals surface area contributed by atoms with Crippen LogP contribution in [0.5, 0.6) is 0 Å². The van der Waals surface area contributed by atoms with Crippen LogP contribution in [-0.2, 0) is 0 Å². The first-order valence-electron chi connectivity index (χ1n) is 6.81. The lowest BCUT2D eigenvalue weighted by Gasteiger charge is -2.16. The third-order valence-corrected chi connectivity index (χ3v) is 3.74. The Morgan fingerprint density at radius 1 is 1.28 bits per heavy atom. The smallest absolute Gasteiger partial charge is 0.103 e. The first-order chi connectivity index (χ1) is 8.66. The van der Waals surface area contributed by atoms with Crippen molar-refractivity contribution in [1.82, 2.24) is 9.97 Å². The van der Waals surface area contributed by atoms with Crippen LogP contribution >= 0.6 is 0 Å². The highest BCUT2D eigenvalue weighted by molar-refractivity contribution is 5.69. The molecule has 18 heavy (non-hydrogen) atoms. The Morgan fingerprint density at radius 2 is 2.06 bits per heavy atom. The van der Waals surface area contributed by atoms with Gasteiger partial charge in [0.15, 0.2) is 0 Å². The van der Waals surface area contributed by atoms with Crippen molar-refractivity contribution in [2.45, 2.75) is 45.4 Å². The Balaban J connectivity index is 2.19. The lowest BCUT2D eigenvalue weighted by atomic mass is 9.90. The van der Waals surface area contributed by atoms with Crippen molar-refractivity contribution < 1.29 is 0 Å². The van der Waals surface area contributed by atoms with Crippen LogP contribution in [0.1, 0.15) is 55.5 Å². The summed E-state index contributed by atoms with van der Waals surface area (Å²) in [4.78, 5) is 7.76. The van der Waals surface area contributed by atoms with E-state index in [2.05, 4.69) is 42.0 Å². The SMILES string of the molecule is Cc1ncc(-c2c(C(C)C)cccc2C2CC2)[nH]1. The summed E-state index contributed by atoms with van der Waals surface area (Å²) >= 11 is 0. The van der Waals surface area contributed by atoms with E-state index in [0.717, 1.165) is 11.7 Å². The average molecular weight is 240 g/mol. The summed E-state index contributed by atoms with van der Waals surface area (Å²) in [5.74, 6) is 2.30. The fourth-order valence-corrected chi connectivity index (χ4v) is 2.66. The van der Waals surface area contributed by atoms with Gasteiger partial charge in [-0.2, -0.15) is 0 Å². The molecule has 0 radical (unpaired) electrons. The van der Waals surface area contributed by atoms with Crippen LogP contribution in [0.3, 0.4) is 0 Å². The second kappa shape index (κ2) is 4.27. The molecule has 1 aliphatic carbocycles. The molecule has 0 amide bonds. The van der Waals surface area contributed by atoms with E-state index in [4.69, 9.17) is 0 Å². The van der Waals surface area contributed by atoms with E-state index in [1.165, 1.54) is 35.2 Å². The highest BCUT2D eigenvalue weighted by Gasteiger charge is 2.28. The third-order valence-electron chi connectivity index (χ3n) is 3.74. The molecule has 1 fully saturated rings. The van der Waals surface area contributed by atoms with Crippen LogP contribution in [0.4, 0.5) is 0 Å². The highest BCUT2D eigenvalue weighted by Crippen LogP contribution is 2.46. The molecule has 1 aromatic carbocycles. The van der Waals surface area contributed by atoms with E-state index in [-0.39, 0.29) is 0 Å². The van der Waals surface area contributed by atoms with Crippen molar-refractivity contribution in [3.63, 3.8) is 0 Å². The number of aromatic nitrogens is 2. The second-order valence-corrected chi connectivity index (χ2v) is 5.62. The van der Waals surface area contributed by atoms with Gasteiger partial charge < -0.3 is 4.98 Å². The van der Waals surface area contributed by atoms with Gasteiger partial charge in [0.2, 0.25) is 0 Å². The molecule has 0 saturated heterocycles. The number of aryl methyl sites for hydroxylation is 1. The Bertz CT molecular complexity index is 542. The van der Waals surface area contributed by atoms with Crippen molar-refractivity contribution in [2.75, 3.05) is 0 Å². The van der Waals surface area contributed by atoms with Crippen LogP contribution in [0.15, 0.2) is 24.4 Å². The molecule has 0 atom stereocenters. The van der Waals surface area contributed by atoms with Crippen LogP contribution in [0.2, 0.25) is 0 Å². The van der Waals surface area contributed by atoms with E-state index in [1.54, 1.807) is 0 Å². The first-order valence-corrected chi connectivity index (χ1v) is 6.81. The highest BCUT2D eigenvalue weighted by atomic mass is 14.9. The quantitative estimate of drug-likeness (QED) is 0.847. The van der Waals surface area contributed by atoms with Gasteiger partial charge in [0.25, 0.3) is 0 Å². The minimum atomic E-state index is 0.544. The van der Waals surface area contributed by atoms with Gasteiger partial charge in [-0.25, -0.2) is 4.98 Å². The zero-order valence-electron chi connectivity index (χ0n) is 11.3. The third kappa shape index (κ3) is 1.96. The van der Waals surface area contributed by atoms with Gasteiger partial charge in [0.1, 0.15) is 5.82 Å². The topological polar surface area (TPSA) is 28.7 Å². The zero-order chi connectivity index (χ0) is 12.7. The minimum Gasteiger partial charge on any atom is -0.342 e. The molecule has 0 spiro atoms. The molecular weight excluding hydrogens is 220 g/mol. The standard InChI is InChI=1S/C16H20N2/c1-10(2)13-5-4-6-14(12-7-8-12)16(13)15-9-17-11(3)18-15/h4-6,9-10,12H,7-8H2,1-3H3,(H,17,18). The second-order valence-electron chi connectivity index (χ2n) is 5.62. The van der Waals surface area contributed by atoms with Gasteiger partial charge >= 0.3 is 0 Å². The fraction of sp³-hybridized carbons (Fsp3) is 0.438. The molecule has 0 unspecified atom stereocenters.